The van der Waals surface area contributed by atoms with Gasteiger partial charge in [-0.1, -0.05) is 32.4 Å². The Balaban J connectivity index is 2.85. The summed E-state index contributed by atoms with van der Waals surface area (Å²) in [5.74, 6) is -0.754. The maximum atomic E-state index is 11.3. The first-order chi connectivity index (χ1) is 10.9. The highest BCUT2D eigenvalue weighted by molar-refractivity contribution is 6.74. The van der Waals surface area contributed by atoms with Gasteiger partial charge in [0.2, 0.25) is 5.91 Å². The Morgan fingerprint density at radius 3 is 2.38 bits per heavy atom. The van der Waals surface area contributed by atoms with Crippen molar-refractivity contribution < 1.29 is 18.9 Å². The van der Waals surface area contributed by atoms with Crippen LogP contribution in [0.1, 0.15) is 31.1 Å². The highest BCUT2D eigenvalue weighted by Gasteiger charge is 2.37. The first kappa shape index (κ1) is 20.4. The van der Waals surface area contributed by atoms with Gasteiger partial charge in [-0.3, -0.25) is 14.9 Å². The number of hydrogen-bond donors (Lipinski definition) is 1. The molecule has 1 aromatic rings. The number of primary amides is 1. The van der Waals surface area contributed by atoms with Crippen LogP contribution in [-0.2, 0) is 4.43 Å². The van der Waals surface area contributed by atoms with Gasteiger partial charge in [-0.15, -0.1) is 0 Å². The van der Waals surface area contributed by atoms with Crippen LogP contribution >= 0.6 is 11.6 Å². The molecule has 1 aromatic carbocycles. The fraction of sp³-hybridized carbons (Fsp3) is 0.533. The lowest BCUT2D eigenvalue weighted by Gasteiger charge is -2.36. The maximum absolute atomic E-state index is 11.3. The molecular formula is C15H23ClN2O5Si. The van der Waals surface area contributed by atoms with Crippen molar-refractivity contribution in [2.75, 3.05) is 13.2 Å². The first-order valence-electron chi connectivity index (χ1n) is 7.41. The van der Waals surface area contributed by atoms with Crippen LogP contribution in [0.25, 0.3) is 0 Å². The summed E-state index contributed by atoms with van der Waals surface area (Å²) in [4.78, 5) is 21.6. The molecule has 0 aliphatic carbocycles. The number of rotatable bonds is 7. The van der Waals surface area contributed by atoms with Crippen molar-refractivity contribution in [3.63, 3.8) is 0 Å². The fourth-order valence-corrected chi connectivity index (χ4v) is 2.89. The summed E-state index contributed by atoms with van der Waals surface area (Å²) in [5, 5.41) is 10.9. The second-order valence-corrected chi connectivity index (χ2v) is 12.1. The van der Waals surface area contributed by atoms with Crippen LogP contribution in [0.3, 0.4) is 0 Å². The molecule has 0 saturated carbocycles. The van der Waals surface area contributed by atoms with Gasteiger partial charge in [-0.05, 0) is 24.2 Å². The number of halogens is 1. The molecule has 2 N–H and O–H groups in total. The molecule has 0 saturated heterocycles. The van der Waals surface area contributed by atoms with E-state index in [9.17, 15) is 14.9 Å². The zero-order valence-electron chi connectivity index (χ0n) is 14.5. The van der Waals surface area contributed by atoms with Crippen LogP contribution in [-0.4, -0.2) is 32.4 Å². The van der Waals surface area contributed by atoms with E-state index < -0.39 is 24.8 Å². The lowest BCUT2D eigenvalue weighted by atomic mass is 10.2. The van der Waals surface area contributed by atoms with Crippen molar-refractivity contribution in [2.24, 2.45) is 5.73 Å². The minimum atomic E-state index is -1.91. The molecule has 1 amide bonds. The minimum Gasteiger partial charge on any atom is -0.489 e. The molecule has 24 heavy (non-hydrogen) atoms. The third-order valence-electron chi connectivity index (χ3n) is 4.11. The molecule has 0 atom stereocenters. The highest BCUT2D eigenvalue weighted by Crippen LogP contribution is 2.37. The van der Waals surface area contributed by atoms with Gasteiger partial charge in [0.15, 0.2) is 13.3 Å². The van der Waals surface area contributed by atoms with E-state index in [0.29, 0.717) is 6.61 Å². The molecule has 0 heterocycles. The van der Waals surface area contributed by atoms with Gasteiger partial charge in [0.25, 0.3) is 5.69 Å². The van der Waals surface area contributed by atoms with E-state index in [2.05, 4.69) is 33.9 Å². The average molecular weight is 375 g/mol. The molecule has 0 bridgehead atoms. The summed E-state index contributed by atoms with van der Waals surface area (Å²) in [5.41, 5.74) is 4.72. The Bertz CT molecular complexity index is 643. The van der Waals surface area contributed by atoms with Crippen molar-refractivity contribution in [1.82, 2.24) is 0 Å². The predicted molar refractivity (Wildman–Crippen MR) is 95.3 cm³/mol. The number of nitro groups is 1. The lowest BCUT2D eigenvalue weighted by Crippen LogP contribution is -2.41. The normalized spacial score (nSPS) is 12.1. The summed E-state index contributed by atoms with van der Waals surface area (Å²) in [6.07, 6.45) is 0. The number of hydrogen-bond acceptors (Lipinski definition) is 5. The molecule has 1 rings (SSSR count). The molecular weight excluding hydrogens is 352 g/mol. The number of nitro benzene ring substituents is 1. The number of carbonyl (C=O) groups excluding carboxylic acids is 1. The number of ether oxygens (including phenoxy) is 1. The summed E-state index contributed by atoms with van der Waals surface area (Å²) < 4.78 is 11.4. The van der Waals surface area contributed by atoms with Crippen LogP contribution < -0.4 is 10.5 Å². The van der Waals surface area contributed by atoms with Gasteiger partial charge in [0, 0.05) is 11.6 Å². The smallest absolute Gasteiger partial charge is 0.292 e. The first-order valence-corrected chi connectivity index (χ1v) is 10.7. The number of nitrogens with two attached hydrogens (primary N) is 1. The van der Waals surface area contributed by atoms with E-state index in [1.807, 2.05) is 0 Å². The van der Waals surface area contributed by atoms with E-state index >= 15 is 0 Å². The van der Waals surface area contributed by atoms with Crippen molar-refractivity contribution in [2.45, 2.75) is 38.9 Å². The largest absolute Gasteiger partial charge is 0.489 e. The zero-order chi connectivity index (χ0) is 18.7. The van der Waals surface area contributed by atoms with Gasteiger partial charge in [0.05, 0.1) is 11.5 Å². The van der Waals surface area contributed by atoms with Crippen LogP contribution in [0, 0.1) is 10.1 Å². The third-order valence-corrected chi connectivity index (χ3v) is 9.03. The van der Waals surface area contributed by atoms with Gasteiger partial charge in [0.1, 0.15) is 12.4 Å². The molecule has 0 unspecified atom stereocenters. The van der Waals surface area contributed by atoms with Gasteiger partial charge in [-0.2, -0.15) is 0 Å². The third kappa shape index (κ3) is 4.92. The molecule has 0 aliphatic heterocycles. The van der Waals surface area contributed by atoms with Gasteiger partial charge in [-0.25, -0.2) is 0 Å². The van der Waals surface area contributed by atoms with Crippen molar-refractivity contribution >= 4 is 31.5 Å². The number of benzene rings is 1. The molecule has 0 aromatic heterocycles. The standard InChI is InChI=1S/C15H23ClN2O5Si/c1-15(2,3)24(4,5)23-7-6-22-12-9-10(14(17)19)8-11(13(12)16)18(20)21/h8-9H,6-7H2,1-5H3,(H2,17,19). The Kier molecular flexibility index (Phi) is 6.37. The summed E-state index contributed by atoms with van der Waals surface area (Å²) >= 11 is 5.97. The number of carbonyl (C=O) groups is 1. The lowest BCUT2D eigenvalue weighted by molar-refractivity contribution is -0.384. The Labute approximate surface area is 147 Å². The summed E-state index contributed by atoms with van der Waals surface area (Å²) in [6.45, 7) is 11.1. The second kappa shape index (κ2) is 7.50. The average Bonchev–Trinajstić information content (AvgIpc) is 2.43. The molecule has 134 valence electrons. The summed E-state index contributed by atoms with van der Waals surface area (Å²) in [7, 11) is -1.91. The van der Waals surface area contributed by atoms with Crippen molar-refractivity contribution in [3.8, 4) is 5.75 Å². The van der Waals surface area contributed by atoms with Crippen molar-refractivity contribution in [1.29, 1.82) is 0 Å². The quantitative estimate of drug-likeness (QED) is 0.338. The molecule has 0 spiro atoms. The van der Waals surface area contributed by atoms with Crippen LogP contribution in [0.5, 0.6) is 5.75 Å². The fourth-order valence-electron chi connectivity index (χ4n) is 1.63. The van der Waals surface area contributed by atoms with Crippen LogP contribution in [0.2, 0.25) is 23.2 Å². The van der Waals surface area contributed by atoms with E-state index in [0.717, 1.165) is 6.07 Å². The number of amides is 1. The SMILES string of the molecule is CC(C)(C)[Si](C)(C)OCCOc1cc(C(N)=O)cc([N+](=O)[O-])c1Cl. The summed E-state index contributed by atoms with van der Waals surface area (Å²) in [6, 6.07) is 2.33. The Morgan fingerprint density at radius 1 is 1.33 bits per heavy atom. The Morgan fingerprint density at radius 2 is 1.92 bits per heavy atom. The maximum Gasteiger partial charge on any atom is 0.292 e. The molecule has 0 aliphatic rings. The van der Waals surface area contributed by atoms with Gasteiger partial charge < -0.3 is 14.9 Å². The molecule has 0 radical (unpaired) electrons. The van der Waals surface area contributed by atoms with Crippen LogP contribution in [0.15, 0.2) is 12.1 Å². The highest BCUT2D eigenvalue weighted by atomic mass is 35.5. The number of nitrogens with zero attached hydrogens (tertiary/aromatic N) is 1. The zero-order valence-corrected chi connectivity index (χ0v) is 16.3. The van der Waals surface area contributed by atoms with E-state index in [-0.39, 0.29) is 28.0 Å². The molecule has 0 fully saturated rings. The Hall–Kier alpha value is -1.64. The van der Waals surface area contributed by atoms with Crippen molar-refractivity contribution in [3.05, 3.63) is 32.8 Å². The van der Waals surface area contributed by atoms with Crippen LogP contribution in [0.4, 0.5) is 5.69 Å². The van der Waals surface area contributed by atoms with E-state index in [4.69, 9.17) is 26.5 Å². The minimum absolute atomic E-state index is 0.0357. The molecule has 9 heteroatoms. The van der Waals surface area contributed by atoms with E-state index in [1.54, 1.807) is 0 Å². The monoisotopic (exact) mass is 374 g/mol. The topological polar surface area (TPSA) is 105 Å². The molecule has 7 nitrogen and oxygen atoms in total. The predicted octanol–water partition coefficient (Wildman–Crippen LogP) is 3.75. The van der Waals surface area contributed by atoms with E-state index in [1.165, 1.54) is 6.07 Å². The second-order valence-electron chi connectivity index (χ2n) is 6.89. The van der Waals surface area contributed by atoms with Gasteiger partial charge >= 0.3 is 0 Å².